The first-order chi connectivity index (χ1) is 13.2. The van der Waals surface area contributed by atoms with Gasteiger partial charge in [0.1, 0.15) is 5.75 Å². The summed E-state index contributed by atoms with van der Waals surface area (Å²) in [6.45, 7) is 3.67. The minimum Gasteiger partial charge on any atom is -0.497 e. The second-order valence-electron chi connectivity index (χ2n) is 6.54. The number of hydrogen-bond acceptors (Lipinski definition) is 4. The molecule has 1 heterocycles. The fourth-order valence-electron chi connectivity index (χ4n) is 3.23. The fourth-order valence-corrected chi connectivity index (χ4v) is 3.36. The maximum Gasteiger partial charge on any atom is 0.224 e. The number of carbonyl (C=O) groups is 1. The van der Waals surface area contributed by atoms with E-state index in [4.69, 9.17) is 21.1 Å². The quantitative estimate of drug-likeness (QED) is 0.792. The SMILES string of the molecule is COc1ccc(CC(=O)NC[C@H](c2ccc(Cl)cc2)N2CCOCC2)cc1. The highest BCUT2D eigenvalue weighted by atomic mass is 35.5. The molecule has 0 aromatic heterocycles. The molecular weight excluding hydrogens is 364 g/mol. The lowest BCUT2D eigenvalue weighted by Crippen LogP contribution is -2.44. The number of carbonyl (C=O) groups excluding carboxylic acids is 1. The van der Waals surface area contributed by atoms with E-state index in [-0.39, 0.29) is 11.9 Å². The number of morpholine rings is 1. The maximum atomic E-state index is 12.4. The van der Waals surface area contributed by atoms with Crippen molar-refractivity contribution in [2.45, 2.75) is 12.5 Å². The number of halogens is 1. The number of ether oxygens (including phenoxy) is 2. The molecule has 0 spiro atoms. The van der Waals surface area contributed by atoms with Crippen LogP contribution in [0.3, 0.4) is 0 Å². The Morgan fingerprint density at radius 1 is 1.15 bits per heavy atom. The van der Waals surface area contributed by atoms with Crippen LogP contribution in [-0.4, -0.2) is 50.8 Å². The third-order valence-corrected chi connectivity index (χ3v) is 5.01. The summed E-state index contributed by atoms with van der Waals surface area (Å²) in [6, 6.07) is 15.5. The highest BCUT2D eigenvalue weighted by Gasteiger charge is 2.23. The molecule has 2 aromatic carbocycles. The Morgan fingerprint density at radius 3 is 2.44 bits per heavy atom. The predicted molar refractivity (Wildman–Crippen MR) is 106 cm³/mol. The van der Waals surface area contributed by atoms with Crippen LogP contribution in [-0.2, 0) is 16.0 Å². The van der Waals surface area contributed by atoms with Gasteiger partial charge in [-0.05, 0) is 35.4 Å². The van der Waals surface area contributed by atoms with Crippen molar-refractivity contribution in [3.63, 3.8) is 0 Å². The summed E-state index contributed by atoms with van der Waals surface area (Å²) in [7, 11) is 1.63. The van der Waals surface area contributed by atoms with Gasteiger partial charge in [-0.2, -0.15) is 0 Å². The molecule has 0 bridgehead atoms. The van der Waals surface area contributed by atoms with Crippen LogP contribution in [0.5, 0.6) is 5.75 Å². The molecule has 0 unspecified atom stereocenters. The van der Waals surface area contributed by atoms with Gasteiger partial charge in [-0.25, -0.2) is 0 Å². The zero-order valence-electron chi connectivity index (χ0n) is 15.5. The molecule has 6 heteroatoms. The number of hydrogen-bond donors (Lipinski definition) is 1. The average molecular weight is 389 g/mol. The smallest absolute Gasteiger partial charge is 0.224 e. The standard InChI is InChI=1S/C21H25ClN2O3/c1-26-19-8-2-16(3-9-19)14-21(25)23-15-20(24-10-12-27-13-11-24)17-4-6-18(22)7-5-17/h2-9,20H,10-15H2,1H3,(H,23,25)/t20-/m1/s1. The van der Waals surface area contributed by atoms with Crippen LogP contribution in [0.25, 0.3) is 0 Å². The predicted octanol–water partition coefficient (Wildman–Crippen LogP) is 3.08. The number of benzene rings is 2. The van der Waals surface area contributed by atoms with Crippen LogP contribution in [0.4, 0.5) is 0 Å². The molecule has 2 aromatic rings. The van der Waals surface area contributed by atoms with Gasteiger partial charge in [0, 0.05) is 24.7 Å². The summed E-state index contributed by atoms with van der Waals surface area (Å²) in [4.78, 5) is 14.8. The van der Waals surface area contributed by atoms with Gasteiger partial charge in [0.15, 0.2) is 0 Å². The molecule has 1 aliphatic rings. The first-order valence-electron chi connectivity index (χ1n) is 9.12. The Hall–Kier alpha value is -2.08. The van der Waals surface area contributed by atoms with Crippen molar-refractivity contribution in [1.82, 2.24) is 10.2 Å². The van der Waals surface area contributed by atoms with Crippen molar-refractivity contribution < 1.29 is 14.3 Å². The van der Waals surface area contributed by atoms with Crippen LogP contribution in [0, 0.1) is 0 Å². The van der Waals surface area contributed by atoms with E-state index in [2.05, 4.69) is 10.2 Å². The summed E-state index contributed by atoms with van der Waals surface area (Å²) in [5, 5.41) is 3.80. The molecule has 1 aliphatic heterocycles. The van der Waals surface area contributed by atoms with Gasteiger partial charge >= 0.3 is 0 Å². The van der Waals surface area contributed by atoms with E-state index in [9.17, 15) is 4.79 Å². The Morgan fingerprint density at radius 2 is 1.81 bits per heavy atom. The zero-order chi connectivity index (χ0) is 19.1. The van der Waals surface area contributed by atoms with E-state index in [0.29, 0.717) is 31.2 Å². The van der Waals surface area contributed by atoms with Crippen LogP contribution in [0.15, 0.2) is 48.5 Å². The topological polar surface area (TPSA) is 50.8 Å². The van der Waals surface area contributed by atoms with E-state index >= 15 is 0 Å². The number of nitrogens with zero attached hydrogens (tertiary/aromatic N) is 1. The van der Waals surface area contributed by atoms with Crippen molar-refractivity contribution in [1.29, 1.82) is 0 Å². The Balaban J connectivity index is 1.62. The van der Waals surface area contributed by atoms with Crippen LogP contribution >= 0.6 is 11.6 Å². The second kappa shape index (κ2) is 9.74. The summed E-state index contributed by atoms with van der Waals surface area (Å²) >= 11 is 6.03. The molecular formula is C21H25ClN2O3. The normalized spacial score (nSPS) is 15.9. The fraction of sp³-hybridized carbons (Fsp3) is 0.381. The molecule has 1 amide bonds. The van der Waals surface area contributed by atoms with Crippen LogP contribution in [0.2, 0.25) is 5.02 Å². The van der Waals surface area contributed by atoms with Gasteiger partial charge in [-0.1, -0.05) is 35.9 Å². The van der Waals surface area contributed by atoms with E-state index in [0.717, 1.165) is 30.0 Å². The van der Waals surface area contributed by atoms with Crippen molar-refractivity contribution in [3.05, 3.63) is 64.7 Å². The lowest BCUT2D eigenvalue weighted by Gasteiger charge is -2.35. The third-order valence-electron chi connectivity index (χ3n) is 4.76. The molecule has 0 radical (unpaired) electrons. The highest BCUT2D eigenvalue weighted by molar-refractivity contribution is 6.30. The zero-order valence-corrected chi connectivity index (χ0v) is 16.2. The molecule has 3 rings (SSSR count). The summed E-state index contributed by atoms with van der Waals surface area (Å²) in [5.74, 6) is 0.793. The van der Waals surface area contributed by atoms with Crippen LogP contribution in [0.1, 0.15) is 17.2 Å². The van der Waals surface area contributed by atoms with E-state index in [1.807, 2.05) is 48.5 Å². The molecule has 144 valence electrons. The number of rotatable bonds is 7. The van der Waals surface area contributed by atoms with Crippen LogP contribution < -0.4 is 10.1 Å². The Bertz CT molecular complexity index is 728. The Kier molecular flexibility index (Phi) is 7.10. The lowest BCUT2D eigenvalue weighted by atomic mass is 10.0. The van der Waals surface area contributed by atoms with Gasteiger partial charge in [0.05, 0.1) is 32.8 Å². The van der Waals surface area contributed by atoms with Crippen molar-refractivity contribution in [3.8, 4) is 5.75 Å². The summed E-state index contributed by atoms with van der Waals surface area (Å²) in [6.07, 6.45) is 0.348. The molecule has 27 heavy (non-hydrogen) atoms. The highest BCUT2D eigenvalue weighted by Crippen LogP contribution is 2.23. The molecule has 1 saturated heterocycles. The van der Waals surface area contributed by atoms with Crippen molar-refractivity contribution in [2.24, 2.45) is 0 Å². The van der Waals surface area contributed by atoms with Gasteiger partial charge in [0.25, 0.3) is 0 Å². The number of nitrogens with one attached hydrogen (secondary N) is 1. The largest absolute Gasteiger partial charge is 0.497 e. The van der Waals surface area contributed by atoms with Gasteiger partial charge in [-0.15, -0.1) is 0 Å². The number of amides is 1. The molecule has 1 atom stereocenters. The minimum atomic E-state index is 0.00684. The first-order valence-corrected chi connectivity index (χ1v) is 9.50. The van der Waals surface area contributed by atoms with Gasteiger partial charge < -0.3 is 14.8 Å². The molecule has 1 N–H and O–H groups in total. The maximum absolute atomic E-state index is 12.4. The molecule has 1 fully saturated rings. The van der Waals surface area contributed by atoms with Crippen molar-refractivity contribution in [2.75, 3.05) is 40.0 Å². The summed E-state index contributed by atoms with van der Waals surface area (Å²) < 4.78 is 10.6. The molecule has 5 nitrogen and oxygen atoms in total. The van der Waals surface area contributed by atoms with Crippen molar-refractivity contribution >= 4 is 17.5 Å². The van der Waals surface area contributed by atoms with Gasteiger partial charge in [0.2, 0.25) is 5.91 Å². The average Bonchev–Trinajstić information content (AvgIpc) is 2.71. The van der Waals surface area contributed by atoms with E-state index in [1.165, 1.54) is 0 Å². The molecule has 0 saturated carbocycles. The second-order valence-corrected chi connectivity index (χ2v) is 6.98. The van der Waals surface area contributed by atoms with E-state index < -0.39 is 0 Å². The minimum absolute atomic E-state index is 0.00684. The monoisotopic (exact) mass is 388 g/mol. The summed E-state index contributed by atoms with van der Waals surface area (Å²) in [5.41, 5.74) is 2.11. The van der Waals surface area contributed by atoms with Gasteiger partial charge in [-0.3, -0.25) is 9.69 Å². The first kappa shape index (κ1) is 19.7. The third kappa shape index (κ3) is 5.70. The Labute approximate surface area is 165 Å². The number of methoxy groups -OCH3 is 1. The van der Waals surface area contributed by atoms with E-state index in [1.54, 1.807) is 7.11 Å². The molecule has 0 aliphatic carbocycles. The lowest BCUT2D eigenvalue weighted by molar-refractivity contribution is -0.120.